The number of carbonyl (C=O) groups is 1. The largest absolute Gasteiger partial charge is 0.348 e. The van der Waals surface area contributed by atoms with Crippen molar-refractivity contribution in [1.29, 1.82) is 0 Å². The summed E-state index contributed by atoms with van der Waals surface area (Å²) < 4.78 is 1.78. The molecule has 0 aliphatic rings. The third-order valence-corrected chi connectivity index (χ3v) is 3.76. The molecular formula is C18H22ClN3O. The molecule has 0 fully saturated rings. The minimum Gasteiger partial charge on any atom is -0.348 e. The summed E-state index contributed by atoms with van der Waals surface area (Å²) in [6, 6.07) is 9.79. The van der Waals surface area contributed by atoms with E-state index < -0.39 is 0 Å². The Kier molecular flexibility index (Phi) is 5.99. The van der Waals surface area contributed by atoms with Gasteiger partial charge in [0.2, 0.25) is 5.91 Å². The number of amides is 1. The molecule has 1 amide bonds. The molecule has 2 aromatic rings. The SMILES string of the molecule is Cc1nn(CC(C)C)c(Cl)c1/C=C/C(=O)NCc1ccccc1. The highest BCUT2D eigenvalue weighted by Gasteiger charge is 2.12. The average Bonchev–Trinajstić information content (AvgIpc) is 2.77. The highest BCUT2D eigenvalue weighted by Crippen LogP contribution is 2.22. The summed E-state index contributed by atoms with van der Waals surface area (Å²) in [6.45, 7) is 7.38. The van der Waals surface area contributed by atoms with Gasteiger partial charge in [-0.15, -0.1) is 0 Å². The van der Waals surface area contributed by atoms with Gasteiger partial charge in [0.1, 0.15) is 5.15 Å². The summed E-state index contributed by atoms with van der Waals surface area (Å²) in [5.41, 5.74) is 2.68. The first-order chi connectivity index (χ1) is 11.0. The van der Waals surface area contributed by atoms with E-state index >= 15 is 0 Å². The first kappa shape index (κ1) is 17.3. The fraction of sp³-hybridized carbons (Fsp3) is 0.333. The lowest BCUT2D eigenvalue weighted by atomic mass is 10.2. The van der Waals surface area contributed by atoms with E-state index in [-0.39, 0.29) is 5.91 Å². The van der Waals surface area contributed by atoms with Gasteiger partial charge >= 0.3 is 0 Å². The second-order valence-corrected chi connectivity index (χ2v) is 6.26. The summed E-state index contributed by atoms with van der Waals surface area (Å²) in [6.07, 6.45) is 3.22. The Hall–Kier alpha value is -2.07. The lowest BCUT2D eigenvalue weighted by molar-refractivity contribution is -0.116. The van der Waals surface area contributed by atoms with Crippen LogP contribution in [-0.2, 0) is 17.9 Å². The molecule has 0 bridgehead atoms. The normalized spacial score (nSPS) is 11.3. The van der Waals surface area contributed by atoms with Crippen LogP contribution in [0.15, 0.2) is 36.4 Å². The molecule has 0 aliphatic heterocycles. The van der Waals surface area contributed by atoms with Crippen LogP contribution >= 0.6 is 11.6 Å². The van der Waals surface area contributed by atoms with Gasteiger partial charge < -0.3 is 5.32 Å². The molecule has 1 aromatic heterocycles. The Morgan fingerprint density at radius 3 is 2.70 bits per heavy atom. The van der Waals surface area contributed by atoms with Crippen LogP contribution in [0.3, 0.4) is 0 Å². The molecule has 1 N–H and O–H groups in total. The zero-order chi connectivity index (χ0) is 16.8. The fourth-order valence-corrected chi connectivity index (χ4v) is 2.53. The predicted octanol–water partition coefficient (Wildman–Crippen LogP) is 3.83. The van der Waals surface area contributed by atoms with E-state index in [1.165, 1.54) is 6.08 Å². The fourth-order valence-electron chi connectivity index (χ4n) is 2.23. The average molecular weight is 332 g/mol. The number of rotatable bonds is 6. The molecule has 2 rings (SSSR count). The molecule has 0 spiro atoms. The minimum atomic E-state index is -0.152. The monoisotopic (exact) mass is 331 g/mol. The van der Waals surface area contributed by atoms with E-state index in [4.69, 9.17) is 11.6 Å². The van der Waals surface area contributed by atoms with Gasteiger partial charge in [0, 0.05) is 24.7 Å². The third-order valence-electron chi connectivity index (χ3n) is 3.36. The van der Waals surface area contributed by atoms with Crippen LogP contribution in [0.2, 0.25) is 5.15 Å². The summed E-state index contributed by atoms with van der Waals surface area (Å²) in [5.74, 6) is 0.304. The second kappa shape index (κ2) is 7.97. The molecule has 0 saturated carbocycles. The van der Waals surface area contributed by atoms with E-state index in [0.717, 1.165) is 23.4 Å². The second-order valence-electron chi connectivity index (χ2n) is 5.90. The van der Waals surface area contributed by atoms with Crippen LogP contribution in [0.1, 0.15) is 30.7 Å². The van der Waals surface area contributed by atoms with E-state index in [1.807, 2.05) is 37.3 Å². The van der Waals surface area contributed by atoms with E-state index in [2.05, 4.69) is 24.3 Å². The van der Waals surface area contributed by atoms with Crippen molar-refractivity contribution in [2.45, 2.75) is 33.9 Å². The summed E-state index contributed by atoms with van der Waals surface area (Å²) in [4.78, 5) is 11.9. The molecular weight excluding hydrogens is 310 g/mol. The standard InChI is InChI=1S/C18H22ClN3O/c1-13(2)12-22-18(19)16(14(3)21-22)9-10-17(23)20-11-15-7-5-4-6-8-15/h4-10,13H,11-12H2,1-3H3,(H,20,23)/b10-9+. The molecule has 0 atom stereocenters. The number of hydrogen-bond donors (Lipinski definition) is 1. The molecule has 1 aromatic carbocycles. The van der Waals surface area contributed by atoms with Gasteiger partial charge in [-0.2, -0.15) is 5.10 Å². The Morgan fingerprint density at radius 1 is 1.35 bits per heavy atom. The lowest BCUT2D eigenvalue weighted by Crippen LogP contribution is -2.20. The van der Waals surface area contributed by atoms with Gasteiger partial charge in [-0.25, -0.2) is 0 Å². The van der Waals surface area contributed by atoms with Crippen molar-refractivity contribution in [1.82, 2.24) is 15.1 Å². The predicted molar refractivity (Wildman–Crippen MR) is 94.1 cm³/mol. The van der Waals surface area contributed by atoms with Crippen molar-refractivity contribution < 1.29 is 4.79 Å². The number of hydrogen-bond acceptors (Lipinski definition) is 2. The minimum absolute atomic E-state index is 0.152. The van der Waals surface area contributed by atoms with Gasteiger partial charge in [0.15, 0.2) is 0 Å². The molecule has 23 heavy (non-hydrogen) atoms. The van der Waals surface area contributed by atoms with Gasteiger partial charge in [-0.1, -0.05) is 55.8 Å². The lowest BCUT2D eigenvalue weighted by Gasteiger charge is -2.05. The molecule has 1 heterocycles. The smallest absolute Gasteiger partial charge is 0.244 e. The zero-order valence-corrected chi connectivity index (χ0v) is 14.5. The molecule has 0 saturated heterocycles. The van der Waals surface area contributed by atoms with Crippen LogP contribution in [0, 0.1) is 12.8 Å². The maximum Gasteiger partial charge on any atom is 0.244 e. The number of nitrogens with zero attached hydrogens (tertiary/aromatic N) is 2. The summed E-state index contributed by atoms with van der Waals surface area (Å²) in [7, 11) is 0. The molecule has 122 valence electrons. The molecule has 0 radical (unpaired) electrons. The number of carbonyl (C=O) groups excluding carboxylic acids is 1. The van der Waals surface area contributed by atoms with Crippen molar-refractivity contribution >= 4 is 23.6 Å². The Labute approximate surface area is 142 Å². The van der Waals surface area contributed by atoms with Crippen LogP contribution in [0.4, 0.5) is 0 Å². The van der Waals surface area contributed by atoms with Crippen molar-refractivity contribution in [2.75, 3.05) is 0 Å². The maximum atomic E-state index is 11.9. The maximum absolute atomic E-state index is 11.9. The van der Waals surface area contributed by atoms with E-state index in [0.29, 0.717) is 17.6 Å². The quantitative estimate of drug-likeness (QED) is 0.818. The summed E-state index contributed by atoms with van der Waals surface area (Å²) >= 11 is 6.35. The number of halogens is 1. The Balaban J connectivity index is 1.99. The third kappa shape index (κ3) is 4.96. The Morgan fingerprint density at radius 2 is 2.04 bits per heavy atom. The Bertz CT molecular complexity index is 690. The highest BCUT2D eigenvalue weighted by molar-refractivity contribution is 6.31. The first-order valence-corrected chi connectivity index (χ1v) is 8.08. The number of nitrogens with one attached hydrogen (secondary N) is 1. The summed E-state index contributed by atoms with van der Waals surface area (Å²) in [5, 5.41) is 7.85. The van der Waals surface area contributed by atoms with Gasteiger partial charge in [0.05, 0.1) is 5.69 Å². The topological polar surface area (TPSA) is 46.9 Å². The van der Waals surface area contributed by atoms with Crippen LogP contribution < -0.4 is 5.32 Å². The molecule has 4 nitrogen and oxygen atoms in total. The molecule has 0 aliphatic carbocycles. The van der Waals surface area contributed by atoms with Crippen molar-refractivity contribution in [3.8, 4) is 0 Å². The number of aryl methyl sites for hydroxylation is 1. The van der Waals surface area contributed by atoms with Crippen LogP contribution in [0.25, 0.3) is 6.08 Å². The van der Waals surface area contributed by atoms with Crippen molar-refractivity contribution in [3.05, 3.63) is 58.4 Å². The molecule has 0 unspecified atom stereocenters. The first-order valence-electron chi connectivity index (χ1n) is 7.70. The zero-order valence-electron chi connectivity index (χ0n) is 13.7. The van der Waals surface area contributed by atoms with Crippen molar-refractivity contribution in [3.63, 3.8) is 0 Å². The van der Waals surface area contributed by atoms with Gasteiger partial charge in [-0.05, 0) is 24.5 Å². The van der Waals surface area contributed by atoms with E-state index in [9.17, 15) is 4.79 Å². The van der Waals surface area contributed by atoms with Crippen LogP contribution in [-0.4, -0.2) is 15.7 Å². The molecule has 5 heteroatoms. The van der Waals surface area contributed by atoms with Gasteiger partial charge in [0.25, 0.3) is 0 Å². The van der Waals surface area contributed by atoms with Crippen molar-refractivity contribution in [2.24, 2.45) is 5.92 Å². The van der Waals surface area contributed by atoms with E-state index in [1.54, 1.807) is 10.8 Å². The number of benzene rings is 1. The van der Waals surface area contributed by atoms with Crippen LogP contribution in [0.5, 0.6) is 0 Å². The highest BCUT2D eigenvalue weighted by atomic mass is 35.5. The number of aromatic nitrogens is 2. The van der Waals surface area contributed by atoms with Gasteiger partial charge in [-0.3, -0.25) is 9.48 Å².